The van der Waals surface area contributed by atoms with Crippen molar-refractivity contribution in [3.8, 4) is 0 Å². The van der Waals surface area contributed by atoms with Crippen LogP contribution in [0.15, 0.2) is 0 Å². The summed E-state index contributed by atoms with van der Waals surface area (Å²) in [7, 11) is 0. The molecule has 0 spiro atoms. The molecule has 2 aliphatic rings. The highest BCUT2D eigenvalue weighted by molar-refractivity contribution is 5.79. The average molecular weight is 158 g/mol. The van der Waals surface area contributed by atoms with Crippen LogP contribution in [0.3, 0.4) is 0 Å². The molecule has 1 saturated heterocycles. The van der Waals surface area contributed by atoms with Crippen LogP contribution in [0.4, 0.5) is 0 Å². The standard InChI is InChI=1S/C5H8O.C3H6O2/c6-5-3-1-2-4-5;1-2-5-3-4-1/h1-4H2;1-3H2. The molecule has 1 saturated carbocycles. The Bertz CT molecular complexity index is 103. The number of hydrogen-bond donors (Lipinski definition) is 0. The van der Waals surface area contributed by atoms with E-state index in [2.05, 4.69) is 0 Å². The van der Waals surface area contributed by atoms with Crippen molar-refractivity contribution in [3.05, 3.63) is 0 Å². The Kier molecular flexibility index (Phi) is 4.16. The Hall–Kier alpha value is -0.410. The van der Waals surface area contributed by atoms with Gasteiger partial charge in [0.25, 0.3) is 0 Å². The van der Waals surface area contributed by atoms with E-state index in [1.54, 1.807) is 0 Å². The van der Waals surface area contributed by atoms with Gasteiger partial charge in [0.2, 0.25) is 0 Å². The van der Waals surface area contributed by atoms with Gasteiger partial charge in [-0.1, -0.05) is 0 Å². The number of ether oxygens (including phenoxy) is 2. The zero-order chi connectivity index (χ0) is 7.94. The lowest BCUT2D eigenvalue weighted by molar-refractivity contribution is -0.117. The molecule has 11 heavy (non-hydrogen) atoms. The predicted molar refractivity (Wildman–Crippen MR) is 40.2 cm³/mol. The molecule has 0 radical (unpaired) electrons. The van der Waals surface area contributed by atoms with Gasteiger partial charge < -0.3 is 9.47 Å². The van der Waals surface area contributed by atoms with Gasteiger partial charge in [-0.05, 0) is 12.8 Å². The van der Waals surface area contributed by atoms with E-state index in [1.165, 1.54) is 0 Å². The van der Waals surface area contributed by atoms with Gasteiger partial charge in [-0.15, -0.1) is 0 Å². The highest BCUT2D eigenvalue weighted by atomic mass is 16.7. The summed E-state index contributed by atoms with van der Waals surface area (Å²) in [5.41, 5.74) is 0. The molecule has 2 fully saturated rings. The Labute approximate surface area is 66.7 Å². The quantitative estimate of drug-likeness (QED) is 0.530. The Morgan fingerprint density at radius 3 is 1.73 bits per heavy atom. The van der Waals surface area contributed by atoms with E-state index in [0.717, 1.165) is 38.9 Å². The average Bonchev–Trinajstić information content (AvgIpc) is 2.57. The van der Waals surface area contributed by atoms with Crippen LogP contribution >= 0.6 is 0 Å². The van der Waals surface area contributed by atoms with Crippen LogP contribution in [0.1, 0.15) is 25.7 Å². The molecule has 2 rings (SSSR count). The molecule has 64 valence electrons. The molecule has 1 heterocycles. The molecule has 0 aromatic heterocycles. The fraction of sp³-hybridized carbons (Fsp3) is 0.875. The smallest absolute Gasteiger partial charge is 0.146 e. The number of hydrogen-bond acceptors (Lipinski definition) is 3. The second-order valence-corrected chi connectivity index (χ2v) is 2.68. The Morgan fingerprint density at radius 1 is 1.00 bits per heavy atom. The van der Waals surface area contributed by atoms with Crippen LogP contribution in [-0.4, -0.2) is 25.8 Å². The molecular formula is C8H14O3. The van der Waals surface area contributed by atoms with E-state index in [1.807, 2.05) is 0 Å². The lowest BCUT2D eigenvalue weighted by Gasteiger charge is -1.76. The van der Waals surface area contributed by atoms with Gasteiger partial charge in [-0.25, -0.2) is 0 Å². The first-order chi connectivity index (χ1) is 5.39. The first-order valence-electron chi connectivity index (χ1n) is 4.07. The molecule has 1 aliphatic heterocycles. The summed E-state index contributed by atoms with van der Waals surface area (Å²) < 4.78 is 9.44. The molecule has 0 N–H and O–H groups in total. The largest absolute Gasteiger partial charge is 0.353 e. The summed E-state index contributed by atoms with van der Waals surface area (Å²) in [6.07, 6.45) is 3.97. The van der Waals surface area contributed by atoms with Crippen LogP contribution in [0.25, 0.3) is 0 Å². The third-order valence-corrected chi connectivity index (χ3v) is 1.70. The van der Waals surface area contributed by atoms with Crippen molar-refractivity contribution in [2.75, 3.05) is 20.0 Å². The van der Waals surface area contributed by atoms with Gasteiger partial charge >= 0.3 is 0 Å². The monoisotopic (exact) mass is 158 g/mol. The molecule has 0 atom stereocenters. The van der Waals surface area contributed by atoms with Gasteiger partial charge in [0.1, 0.15) is 12.6 Å². The van der Waals surface area contributed by atoms with Crippen molar-refractivity contribution >= 4 is 5.78 Å². The van der Waals surface area contributed by atoms with Crippen LogP contribution in [-0.2, 0) is 14.3 Å². The number of carbonyl (C=O) groups excluding carboxylic acids is 1. The van der Waals surface area contributed by atoms with Gasteiger partial charge in [-0.2, -0.15) is 0 Å². The maximum atomic E-state index is 10.2. The second-order valence-electron chi connectivity index (χ2n) is 2.68. The number of rotatable bonds is 0. The number of ketones is 1. The highest BCUT2D eigenvalue weighted by Crippen LogP contribution is 2.11. The minimum atomic E-state index is 0.454. The molecule has 0 aromatic carbocycles. The topological polar surface area (TPSA) is 35.5 Å². The van der Waals surface area contributed by atoms with Gasteiger partial charge in [0.05, 0.1) is 13.2 Å². The molecule has 3 nitrogen and oxygen atoms in total. The van der Waals surface area contributed by atoms with E-state index in [-0.39, 0.29) is 0 Å². The van der Waals surface area contributed by atoms with E-state index >= 15 is 0 Å². The summed E-state index contributed by atoms with van der Waals surface area (Å²) in [5.74, 6) is 0.454. The highest BCUT2D eigenvalue weighted by Gasteiger charge is 2.07. The van der Waals surface area contributed by atoms with Crippen LogP contribution < -0.4 is 0 Å². The van der Waals surface area contributed by atoms with Crippen molar-refractivity contribution in [1.82, 2.24) is 0 Å². The Balaban J connectivity index is 0.000000112. The summed E-state index contributed by atoms with van der Waals surface area (Å²) in [6, 6.07) is 0. The molecule has 0 amide bonds. The lowest BCUT2D eigenvalue weighted by atomic mass is 10.4. The van der Waals surface area contributed by atoms with Crippen LogP contribution in [0.2, 0.25) is 0 Å². The fourth-order valence-electron chi connectivity index (χ4n) is 1.06. The van der Waals surface area contributed by atoms with Gasteiger partial charge in [0.15, 0.2) is 0 Å². The maximum Gasteiger partial charge on any atom is 0.146 e. The maximum absolute atomic E-state index is 10.2. The minimum absolute atomic E-state index is 0.454. The third kappa shape index (κ3) is 4.11. The van der Waals surface area contributed by atoms with Gasteiger partial charge in [-0.3, -0.25) is 4.79 Å². The zero-order valence-electron chi connectivity index (χ0n) is 6.67. The first kappa shape index (κ1) is 8.68. The Morgan fingerprint density at radius 2 is 1.55 bits per heavy atom. The summed E-state index contributed by atoms with van der Waals surface area (Å²) >= 11 is 0. The molecule has 0 bridgehead atoms. The van der Waals surface area contributed by atoms with Crippen molar-refractivity contribution in [2.45, 2.75) is 25.7 Å². The van der Waals surface area contributed by atoms with E-state index < -0.39 is 0 Å². The van der Waals surface area contributed by atoms with Crippen LogP contribution in [0.5, 0.6) is 0 Å². The fourth-order valence-corrected chi connectivity index (χ4v) is 1.06. The van der Waals surface area contributed by atoms with Crippen molar-refractivity contribution in [2.24, 2.45) is 0 Å². The lowest BCUT2D eigenvalue weighted by Crippen LogP contribution is -1.81. The molecule has 3 heteroatoms. The normalized spacial score (nSPS) is 23.1. The molecule has 1 aliphatic carbocycles. The summed E-state index contributed by atoms with van der Waals surface area (Å²) in [5, 5.41) is 0. The molecular weight excluding hydrogens is 144 g/mol. The number of Topliss-reactive ketones (excluding diaryl/α,β-unsaturated/α-hetero) is 1. The summed E-state index contributed by atoms with van der Waals surface area (Å²) in [4.78, 5) is 10.2. The minimum Gasteiger partial charge on any atom is -0.353 e. The van der Waals surface area contributed by atoms with Crippen molar-refractivity contribution in [3.63, 3.8) is 0 Å². The zero-order valence-corrected chi connectivity index (χ0v) is 6.67. The molecule has 0 unspecified atom stereocenters. The van der Waals surface area contributed by atoms with Crippen molar-refractivity contribution in [1.29, 1.82) is 0 Å². The van der Waals surface area contributed by atoms with Gasteiger partial charge in [0, 0.05) is 12.8 Å². The van der Waals surface area contributed by atoms with E-state index in [0.29, 0.717) is 12.6 Å². The molecule has 0 aromatic rings. The summed E-state index contributed by atoms with van der Waals surface area (Å²) in [6.45, 7) is 2.06. The third-order valence-electron chi connectivity index (χ3n) is 1.70. The predicted octanol–water partition coefficient (Wildman–Crippen LogP) is 1.12. The number of carbonyl (C=O) groups is 1. The second kappa shape index (κ2) is 5.27. The first-order valence-corrected chi connectivity index (χ1v) is 4.07. The van der Waals surface area contributed by atoms with Crippen molar-refractivity contribution < 1.29 is 14.3 Å². The van der Waals surface area contributed by atoms with Crippen LogP contribution in [0, 0.1) is 0 Å². The van der Waals surface area contributed by atoms with E-state index in [9.17, 15) is 4.79 Å². The van der Waals surface area contributed by atoms with E-state index in [4.69, 9.17) is 9.47 Å². The SMILES string of the molecule is C1COCO1.O=C1CCCC1.